The summed E-state index contributed by atoms with van der Waals surface area (Å²) in [5.41, 5.74) is 2.08. The Morgan fingerprint density at radius 3 is 2.53 bits per heavy atom. The number of benzene rings is 1. The molecule has 2 rings (SSSR count). The zero-order valence-electron chi connectivity index (χ0n) is 9.19. The Hall–Kier alpha value is -1.64. The predicted octanol–water partition coefficient (Wildman–Crippen LogP) is 2.17. The topological polar surface area (TPSA) is 39.8 Å². The van der Waals surface area contributed by atoms with E-state index in [0.29, 0.717) is 5.52 Å². The number of nitrogens with zero attached hydrogens (tertiary/aromatic N) is 2. The summed E-state index contributed by atoms with van der Waals surface area (Å²) in [5.74, 6) is 0. The van der Waals surface area contributed by atoms with Gasteiger partial charge in [-0.3, -0.25) is 0 Å². The number of rotatable bonds is 0. The lowest BCUT2D eigenvalue weighted by Crippen LogP contribution is -2.30. The fraction of sp³-hybridized carbons (Fsp3) is 0.333. The average Bonchev–Trinajstić information content (AvgIpc) is 2.16. The first-order chi connectivity index (χ1) is 6.98. The molecule has 0 N–H and O–H groups in total. The van der Waals surface area contributed by atoms with Crippen LogP contribution >= 0.6 is 0 Å². The van der Waals surface area contributed by atoms with Crippen LogP contribution in [-0.2, 0) is 5.41 Å². The van der Waals surface area contributed by atoms with E-state index in [4.69, 9.17) is 0 Å². The molecule has 3 heteroatoms. The van der Waals surface area contributed by atoms with Gasteiger partial charge in [0.05, 0.1) is 0 Å². The van der Waals surface area contributed by atoms with Crippen LogP contribution in [-0.4, -0.2) is 4.98 Å². The molecule has 0 aliphatic heterocycles. The fourth-order valence-electron chi connectivity index (χ4n) is 1.45. The molecule has 78 valence electrons. The predicted molar refractivity (Wildman–Crippen MR) is 59.4 cm³/mol. The van der Waals surface area contributed by atoms with Crippen molar-refractivity contribution in [3.8, 4) is 0 Å². The van der Waals surface area contributed by atoms with Crippen molar-refractivity contribution in [1.29, 1.82) is 0 Å². The van der Waals surface area contributed by atoms with Crippen LogP contribution in [0.4, 0.5) is 0 Å². The highest BCUT2D eigenvalue weighted by atomic mass is 16.5. The van der Waals surface area contributed by atoms with E-state index in [1.54, 1.807) is 12.3 Å². The fourth-order valence-corrected chi connectivity index (χ4v) is 1.45. The van der Waals surface area contributed by atoms with E-state index in [9.17, 15) is 5.21 Å². The lowest BCUT2D eigenvalue weighted by atomic mass is 9.92. The summed E-state index contributed by atoms with van der Waals surface area (Å²) in [7, 11) is 0. The van der Waals surface area contributed by atoms with E-state index < -0.39 is 0 Å². The molecule has 0 saturated carbocycles. The van der Waals surface area contributed by atoms with Gasteiger partial charge in [-0.1, -0.05) is 32.9 Å². The number of fused-ring (bicyclic) bond motifs is 1. The molecule has 0 fully saturated rings. The third-order valence-electron chi connectivity index (χ3n) is 2.37. The van der Waals surface area contributed by atoms with Gasteiger partial charge >= 0.3 is 0 Å². The Morgan fingerprint density at radius 2 is 1.87 bits per heavy atom. The molecule has 1 aromatic heterocycles. The van der Waals surface area contributed by atoms with E-state index in [-0.39, 0.29) is 5.41 Å². The van der Waals surface area contributed by atoms with Crippen molar-refractivity contribution >= 4 is 11.0 Å². The molecular formula is C12H14N2O. The van der Waals surface area contributed by atoms with Crippen LogP contribution in [0.25, 0.3) is 11.0 Å². The summed E-state index contributed by atoms with van der Waals surface area (Å²) in [6, 6.07) is 7.37. The van der Waals surface area contributed by atoms with Gasteiger partial charge in [0, 0.05) is 11.5 Å². The van der Waals surface area contributed by atoms with Crippen molar-refractivity contribution < 1.29 is 4.73 Å². The van der Waals surface area contributed by atoms with Crippen molar-refractivity contribution in [2.24, 2.45) is 0 Å². The van der Waals surface area contributed by atoms with Gasteiger partial charge in [-0.2, -0.15) is 4.73 Å². The minimum Gasteiger partial charge on any atom is -0.618 e. The van der Waals surface area contributed by atoms with E-state index in [1.165, 1.54) is 0 Å². The van der Waals surface area contributed by atoms with E-state index >= 15 is 0 Å². The largest absolute Gasteiger partial charge is 0.618 e. The van der Waals surface area contributed by atoms with Crippen molar-refractivity contribution in [2.75, 3.05) is 0 Å². The maximum atomic E-state index is 11.7. The zero-order valence-corrected chi connectivity index (χ0v) is 9.19. The summed E-state index contributed by atoms with van der Waals surface area (Å²) in [5, 5.41) is 11.7. The summed E-state index contributed by atoms with van der Waals surface area (Å²) >= 11 is 0. The highest BCUT2D eigenvalue weighted by Gasteiger charge is 2.20. The zero-order chi connectivity index (χ0) is 11.1. The van der Waals surface area contributed by atoms with Gasteiger partial charge in [0.25, 0.3) is 0 Å². The van der Waals surface area contributed by atoms with Crippen molar-refractivity contribution in [2.45, 2.75) is 26.2 Å². The molecule has 0 unspecified atom stereocenters. The highest BCUT2D eigenvalue weighted by molar-refractivity contribution is 5.70. The van der Waals surface area contributed by atoms with Gasteiger partial charge in [-0.15, -0.1) is 0 Å². The Morgan fingerprint density at radius 1 is 1.20 bits per heavy atom. The van der Waals surface area contributed by atoms with Crippen molar-refractivity contribution in [3.63, 3.8) is 0 Å². The third kappa shape index (κ3) is 1.77. The molecule has 2 aromatic rings. The van der Waals surface area contributed by atoms with Crippen LogP contribution in [0.3, 0.4) is 0 Å². The summed E-state index contributed by atoms with van der Waals surface area (Å²) in [4.78, 5) is 4.49. The third-order valence-corrected chi connectivity index (χ3v) is 2.37. The van der Waals surface area contributed by atoms with E-state index in [0.717, 1.165) is 15.9 Å². The quantitative estimate of drug-likeness (QED) is 0.485. The van der Waals surface area contributed by atoms with Crippen molar-refractivity contribution in [1.82, 2.24) is 4.98 Å². The van der Waals surface area contributed by atoms with Gasteiger partial charge in [-0.05, 0) is 6.07 Å². The Balaban J connectivity index is 2.73. The number of aromatic nitrogens is 2. The molecule has 0 aliphatic rings. The molecule has 0 spiro atoms. The van der Waals surface area contributed by atoms with Crippen molar-refractivity contribution in [3.05, 3.63) is 41.4 Å². The maximum absolute atomic E-state index is 11.7. The number of para-hydroxylation sites is 2. The van der Waals surface area contributed by atoms with Gasteiger partial charge in [0.15, 0.2) is 0 Å². The normalized spacial score (nSPS) is 11.9. The van der Waals surface area contributed by atoms with E-state index in [1.807, 2.05) is 39.0 Å². The minimum absolute atomic E-state index is 0.101. The average molecular weight is 202 g/mol. The van der Waals surface area contributed by atoms with E-state index in [2.05, 4.69) is 4.98 Å². The van der Waals surface area contributed by atoms with Gasteiger partial charge in [0.1, 0.15) is 11.2 Å². The molecule has 0 radical (unpaired) electrons. The first-order valence-corrected chi connectivity index (χ1v) is 4.98. The molecule has 1 aromatic carbocycles. The molecular weight excluding hydrogens is 188 g/mol. The Kier molecular flexibility index (Phi) is 2.11. The summed E-state index contributed by atoms with van der Waals surface area (Å²) < 4.78 is 0.892. The standard InChI is InChI=1S/C12H14N2O/c1-12(2,3)11-8-14(15)10-7-5-4-6-9(10)13-11/h4-8H,1-3H3. The molecule has 0 saturated heterocycles. The lowest BCUT2D eigenvalue weighted by molar-refractivity contribution is -0.578. The molecule has 3 nitrogen and oxygen atoms in total. The van der Waals surface area contributed by atoms with Gasteiger partial charge < -0.3 is 5.21 Å². The molecule has 0 aliphatic carbocycles. The second-order valence-corrected chi connectivity index (χ2v) is 4.69. The molecule has 15 heavy (non-hydrogen) atoms. The van der Waals surface area contributed by atoms with Crippen LogP contribution in [0.5, 0.6) is 0 Å². The molecule has 0 bridgehead atoms. The SMILES string of the molecule is CC(C)(C)c1c[n+]([O-])c2ccccc2n1. The number of hydrogen-bond donors (Lipinski definition) is 0. The first kappa shape index (κ1) is 9.90. The maximum Gasteiger partial charge on any atom is 0.242 e. The van der Waals surface area contributed by atoms with Crippen LogP contribution in [0, 0.1) is 5.21 Å². The van der Waals surface area contributed by atoms with Crippen LogP contribution in [0.15, 0.2) is 30.5 Å². The molecule has 0 amide bonds. The Bertz CT molecular complexity index is 500. The summed E-state index contributed by atoms with van der Waals surface area (Å²) in [6.45, 7) is 6.14. The van der Waals surface area contributed by atoms with Crippen LogP contribution in [0.2, 0.25) is 0 Å². The van der Waals surface area contributed by atoms with Crippen LogP contribution in [0.1, 0.15) is 26.5 Å². The Labute approximate surface area is 89.0 Å². The van der Waals surface area contributed by atoms with Gasteiger partial charge in [0.2, 0.25) is 11.7 Å². The minimum atomic E-state index is -0.101. The molecule has 1 heterocycles. The van der Waals surface area contributed by atoms with Crippen LogP contribution < -0.4 is 4.73 Å². The second kappa shape index (κ2) is 3.19. The monoisotopic (exact) mass is 202 g/mol. The summed E-state index contributed by atoms with van der Waals surface area (Å²) in [6.07, 6.45) is 1.56. The van der Waals surface area contributed by atoms with Gasteiger partial charge in [-0.25, -0.2) is 4.98 Å². The smallest absolute Gasteiger partial charge is 0.242 e. The highest BCUT2D eigenvalue weighted by Crippen LogP contribution is 2.20. The molecule has 0 atom stereocenters. The first-order valence-electron chi connectivity index (χ1n) is 4.98. The number of hydrogen-bond acceptors (Lipinski definition) is 2. The second-order valence-electron chi connectivity index (χ2n) is 4.69. The lowest BCUT2D eigenvalue weighted by Gasteiger charge is -2.16.